The van der Waals surface area contributed by atoms with Crippen molar-refractivity contribution in [1.82, 2.24) is 9.78 Å². The van der Waals surface area contributed by atoms with Crippen LogP contribution in [0.2, 0.25) is 0 Å². The largest absolute Gasteiger partial charge is 0.477 e. The number of aromatic nitrogens is 2. The standard InChI is InChI=1S/C15H14F3N3O2/c1-8-2-4-9(5-3-8)11-6-12(15(16,17)18)21-13(20-11)10(7-19-21)14(22)23/h2-5,7,11-12,20H,6H2,1H3,(H,22,23)/t11-,12+/m0/s1. The Bertz CT molecular complexity index is 737. The smallest absolute Gasteiger partial charge is 0.410 e. The lowest BCUT2D eigenvalue weighted by Gasteiger charge is -2.33. The number of hydrogen-bond acceptors (Lipinski definition) is 3. The highest BCUT2D eigenvalue weighted by atomic mass is 19.4. The van der Waals surface area contributed by atoms with Gasteiger partial charge in [0.1, 0.15) is 11.4 Å². The van der Waals surface area contributed by atoms with Crippen molar-refractivity contribution in [1.29, 1.82) is 0 Å². The number of nitrogens with one attached hydrogen (secondary N) is 1. The molecule has 1 aromatic heterocycles. The number of aromatic carboxylic acids is 1. The molecular formula is C15H14F3N3O2. The van der Waals surface area contributed by atoms with Crippen molar-refractivity contribution in [2.24, 2.45) is 0 Å². The predicted octanol–water partition coefficient (Wildman–Crippen LogP) is 3.55. The number of hydrogen-bond donors (Lipinski definition) is 2. The number of rotatable bonds is 2. The molecule has 1 aromatic carbocycles. The minimum absolute atomic E-state index is 0.114. The van der Waals surface area contributed by atoms with Crippen LogP contribution in [-0.2, 0) is 0 Å². The van der Waals surface area contributed by atoms with Gasteiger partial charge in [0.2, 0.25) is 0 Å². The second-order valence-electron chi connectivity index (χ2n) is 5.56. The van der Waals surface area contributed by atoms with Gasteiger partial charge in [0.05, 0.1) is 12.2 Å². The van der Waals surface area contributed by atoms with Gasteiger partial charge in [-0.25, -0.2) is 9.48 Å². The third-order valence-corrected chi connectivity index (χ3v) is 3.95. The van der Waals surface area contributed by atoms with Crippen LogP contribution in [0, 0.1) is 6.92 Å². The summed E-state index contributed by atoms with van der Waals surface area (Å²) >= 11 is 0. The van der Waals surface area contributed by atoms with Gasteiger partial charge in [-0.3, -0.25) is 0 Å². The van der Waals surface area contributed by atoms with Crippen LogP contribution in [0.25, 0.3) is 0 Å². The molecule has 0 saturated carbocycles. The summed E-state index contributed by atoms with van der Waals surface area (Å²) in [6.45, 7) is 1.88. The normalized spacial score (nSPS) is 20.7. The summed E-state index contributed by atoms with van der Waals surface area (Å²) < 4.78 is 40.8. The number of nitrogens with zero attached hydrogens (tertiary/aromatic N) is 2. The fourth-order valence-corrected chi connectivity index (χ4v) is 2.74. The zero-order valence-electron chi connectivity index (χ0n) is 12.1. The second-order valence-corrected chi connectivity index (χ2v) is 5.56. The Hall–Kier alpha value is -2.51. The van der Waals surface area contributed by atoms with E-state index in [-0.39, 0.29) is 17.8 Å². The van der Waals surface area contributed by atoms with Gasteiger partial charge in [0.15, 0.2) is 6.04 Å². The van der Waals surface area contributed by atoms with E-state index in [4.69, 9.17) is 5.11 Å². The summed E-state index contributed by atoms with van der Waals surface area (Å²) in [6, 6.07) is 4.61. The van der Waals surface area contributed by atoms with Crippen molar-refractivity contribution in [2.75, 3.05) is 5.32 Å². The summed E-state index contributed by atoms with van der Waals surface area (Å²) in [5.41, 5.74) is 1.40. The molecule has 23 heavy (non-hydrogen) atoms. The third kappa shape index (κ3) is 2.76. The maximum atomic E-state index is 13.3. The summed E-state index contributed by atoms with van der Waals surface area (Å²) in [7, 11) is 0. The zero-order valence-corrected chi connectivity index (χ0v) is 12.1. The minimum atomic E-state index is -4.51. The molecule has 0 aliphatic carbocycles. The molecule has 2 atom stereocenters. The average molecular weight is 325 g/mol. The molecule has 8 heteroatoms. The molecule has 0 saturated heterocycles. The molecule has 0 spiro atoms. The van der Waals surface area contributed by atoms with Gasteiger partial charge in [-0.15, -0.1) is 0 Å². The lowest BCUT2D eigenvalue weighted by Crippen LogP contribution is -2.36. The number of alkyl halides is 3. The monoisotopic (exact) mass is 325 g/mol. The van der Waals surface area contributed by atoms with Crippen LogP contribution in [-0.4, -0.2) is 27.0 Å². The first-order valence-corrected chi connectivity index (χ1v) is 6.98. The van der Waals surface area contributed by atoms with Crippen molar-refractivity contribution >= 4 is 11.8 Å². The molecule has 3 rings (SSSR count). The highest BCUT2D eigenvalue weighted by Gasteiger charge is 2.47. The number of halogens is 3. The Morgan fingerprint density at radius 1 is 1.35 bits per heavy atom. The quantitative estimate of drug-likeness (QED) is 0.886. The van der Waals surface area contributed by atoms with Gasteiger partial charge in [-0.05, 0) is 12.5 Å². The molecule has 0 radical (unpaired) electrons. The first kappa shape index (κ1) is 15.4. The SMILES string of the molecule is Cc1ccc([C@@H]2C[C@H](C(F)(F)F)n3ncc(C(=O)O)c3N2)cc1. The van der Waals surface area contributed by atoms with Gasteiger partial charge in [-0.1, -0.05) is 29.8 Å². The van der Waals surface area contributed by atoms with E-state index in [0.717, 1.165) is 11.8 Å². The first-order valence-electron chi connectivity index (χ1n) is 6.98. The minimum Gasteiger partial charge on any atom is -0.477 e. The summed E-state index contributed by atoms with van der Waals surface area (Å²) in [5.74, 6) is -1.43. The van der Waals surface area contributed by atoms with Crippen molar-refractivity contribution < 1.29 is 23.1 Å². The molecule has 2 N–H and O–H groups in total. The highest BCUT2D eigenvalue weighted by Crippen LogP contribution is 2.44. The number of aryl methyl sites for hydroxylation is 1. The maximum absolute atomic E-state index is 13.3. The van der Waals surface area contributed by atoms with Gasteiger partial charge < -0.3 is 10.4 Å². The topological polar surface area (TPSA) is 67.2 Å². The molecule has 0 amide bonds. The van der Waals surface area contributed by atoms with E-state index in [9.17, 15) is 18.0 Å². The van der Waals surface area contributed by atoms with E-state index >= 15 is 0 Å². The molecule has 1 aliphatic heterocycles. The maximum Gasteiger partial charge on any atom is 0.410 e. The van der Waals surface area contributed by atoms with E-state index in [2.05, 4.69) is 10.4 Å². The van der Waals surface area contributed by atoms with Gasteiger partial charge in [-0.2, -0.15) is 18.3 Å². The van der Waals surface area contributed by atoms with E-state index in [1.165, 1.54) is 0 Å². The van der Waals surface area contributed by atoms with Crippen LogP contribution in [0.1, 0.15) is 40.0 Å². The number of anilines is 1. The number of benzene rings is 1. The van der Waals surface area contributed by atoms with Crippen LogP contribution < -0.4 is 5.32 Å². The van der Waals surface area contributed by atoms with Crippen LogP contribution >= 0.6 is 0 Å². The van der Waals surface area contributed by atoms with Crippen LogP contribution in [0.3, 0.4) is 0 Å². The Morgan fingerprint density at radius 3 is 2.57 bits per heavy atom. The van der Waals surface area contributed by atoms with Gasteiger partial charge in [0, 0.05) is 6.42 Å². The molecule has 1 aliphatic rings. The number of carboxylic acid groups (broad SMARTS) is 1. The summed E-state index contributed by atoms with van der Waals surface area (Å²) in [6.07, 6.45) is -3.82. The van der Waals surface area contributed by atoms with Crippen molar-refractivity contribution in [3.8, 4) is 0 Å². The molecule has 0 fully saturated rings. The molecule has 122 valence electrons. The molecular weight excluding hydrogens is 311 g/mol. The van der Waals surface area contributed by atoms with Crippen molar-refractivity contribution in [3.05, 3.63) is 47.2 Å². The first-order chi connectivity index (χ1) is 10.8. The predicted molar refractivity (Wildman–Crippen MR) is 76.4 cm³/mol. The number of fused-ring (bicyclic) bond motifs is 1. The number of carboxylic acids is 1. The summed E-state index contributed by atoms with van der Waals surface area (Å²) in [5, 5.41) is 15.6. The molecule has 0 unspecified atom stereocenters. The number of carbonyl (C=O) groups is 1. The third-order valence-electron chi connectivity index (χ3n) is 3.95. The Kier molecular flexibility index (Phi) is 3.54. The van der Waals surface area contributed by atoms with E-state index in [0.29, 0.717) is 10.2 Å². The second kappa shape index (κ2) is 5.29. The Labute approximate surface area is 129 Å². The molecule has 0 bridgehead atoms. The lowest BCUT2D eigenvalue weighted by atomic mass is 9.96. The average Bonchev–Trinajstić information content (AvgIpc) is 2.89. The van der Waals surface area contributed by atoms with Gasteiger partial charge >= 0.3 is 12.1 Å². The van der Waals surface area contributed by atoms with Crippen molar-refractivity contribution in [2.45, 2.75) is 31.6 Å². The van der Waals surface area contributed by atoms with Crippen molar-refractivity contribution in [3.63, 3.8) is 0 Å². The van der Waals surface area contributed by atoms with Gasteiger partial charge in [0.25, 0.3) is 0 Å². The zero-order chi connectivity index (χ0) is 16.8. The van der Waals surface area contributed by atoms with E-state index < -0.39 is 24.2 Å². The molecule has 2 heterocycles. The molecule has 5 nitrogen and oxygen atoms in total. The summed E-state index contributed by atoms with van der Waals surface area (Å²) in [4.78, 5) is 11.2. The fourth-order valence-electron chi connectivity index (χ4n) is 2.74. The van der Waals surface area contributed by atoms with E-state index in [1.807, 2.05) is 19.1 Å². The Balaban J connectivity index is 2.05. The fraction of sp³-hybridized carbons (Fsp3) is 0.333. The van der Waals surface area contributed by atoms with Crippen LogP contribution in [0.15, 0.2) is 30.5 Å². The molecule has 2 aromatic rings. The highest BCUT2D eigenvalue weighted by molar-refractivity contribution is 5.93. The van der Waals surface area contributed by atoms with Crippen LogP contribution in [0.5, 0.6) is 0 Å². The lowest BCUT2D eigenvalue weighted by molar-refractivity contribution is -0.173. The van der Waals surface area contributed by atoms with E-state index in [1.54, 1.807) is 12.1 Å². The van der Waals surface area contributed by atoms with Crippen LogP contribution in [0.4, 0.5) is 19.0 Å². The Morgan fingerprint density at radius 2 is 2.00 bits per heavy atom.